The molecule has 0 atom stereocenters. The van der Waals surface area contributed by atoms with Crippen LogP contribution in [0.4, 0.5) is 13.2 Å². The summed E-state index contributed by atoms with van der Waals surface area (Å²) in [5.74, 6) is -0.325. The Balaban J connectivity index is 2.25. The van der Waals surface area contributed by atoms with Gasteiger partial charge in [-0.2, -0.15) is 18.3 Å². The Morgan fingerprint density at radius 1 is 1.22 bits per heavy atom. The Morgan fingerprint density at radius 3 is 2.30 bits per heavy atom. The molecule has 1 aromatic rings. The summed E-state index contributed by atoms with van der Waals surface area (Å²) < 4.78 is 42.0. The van der Waals surface area contributed by atoms with Gasteiger partial charge in [-0.05, 0) is 46.0 Å². The number of halogens is 3. The third-order valence-electron chi connectivity index (χ3n) is 5.23. The standard InChI is InChI=1S/C19H31F3N4O/c1-12(2)6-9-23-18(27)16-14(5)26(24-17(16)19(20,21)22)15-7-10-25(11-8-15)13(3)4/h12-13,15H,6-11H2,1-5H3,(H,23,27). The number of hydrogen-bond donors (Lipinski definition) is 1. The molecule has 2 rings (SSSR count). The molecule has 0 aromatic carbocycles. The zero-order valence-electron chi connectivity index (χ0n) is 16.9. The summed E-state index contributed by atoms with van der Waals surface area (Å²) in [6.45, 7) is 11.8. The smallest absolute Gasteiger partial charge is 0.352 e. The highest BCUT2D eigenvalue weighted by atomic mass is 19.4. The zero-order chi connectivity index (χ0) is 20.4. The third-order valence-corrected chi connectivity index (χ3v) is 5.23. The highest BCUT2D eigenvalue weighted by molar-refractivity contribution is 5.96. The number of piperidine rings is 1. The minimum atomic E-state index is -4.65. The van der Waals surface area contributed by atoms with Crippen molar-refractivity contribution >= 4 is 5.91 Å². The number of carbonyl (C=O) groups excluding carboxylic acids is 1. The maximum Gasteiger partial charge on any atom is 0.435 e. The summed E-state index contributed by atoms with van der Waals surface area (Å²) in [5.41, 5.74) is -1.11. The van der Waals surface area contributed by atoms with Gasteiger partial charge in [0.25, 0.3) is 5.91 Å². The van der Waals surface area contributed by atoms with Gasteiger partial charge in [0.05, 0.1) is 11.6 Å². The van der Waals surface area contributed by atoms with Gasteiger partial charge in [0.1, 0.15) is 0 Å². The molecule has 154 valence electrons. The summed E-state index contributed by atoms with van der Waals surface area (Å²) >= 11 is 0. The first-order valence-electron chi connectivity index (χ1n) is 9.70. The number of likely N-dealkylation sites (tertiary alicyclic amines) is 1. The number of nitrogens with zero attached hydrogens (tertiary/aromatic N) is 3. The summed E-state index contributed by atoms with van der Waals surface area (Å²) in [6, 6.07) is 0.302. The maximum atomic E-state index is 13.5. The summed E-state index contributed by atoms with van der Waals surface area (Å²) in [7, 11) is 0. The van der Waals surface area contributed by atoms with E-state index >= 15 is 0 Å². The first-order valence-corrected chi connectivity index (χ1v) is 9.70. The summed E-state index contributed by atoms with van der Waals surface area (Å²) in [5, 5.41) is 6.47. The van der Waals surface area contributed by atoms with Gasteiger partial charge in [0.15, 0.2) is 5.69 Å². The van der Waals surface area contributed by atoms with Crippen LogP contribution in [0.2, 0.25) is 0 Å². The number of rotatable bonds is 6. The van der Waals surface area contributed by atoms with Crippen molar-refractivity contribution in [3.8, 4) is 0 Å². The SMILES string of the molecule is Cc1c(C(=O)NCCC(C)C)c(C(F)(F)F)nn1C1CCN(C(C)C)CC1. The van der Waals surface area contributed by atoms with Crippen LogP contribution in [0.5, 0.6) is 0 Å². The molecular formula is C19H31F3N4O. The molecule has 0 saturated carbocycles. The van der Waals surface area contributed by atoms with Gasteiger partial charge in [-0.25, -0.2) is 0 Å². The van der Waals surface area contributed by atoms with Crippen molar-refractivity contribution in [3.63, 3.8) is 0 Å². The van der Waals surface area contributed by atoms with E-state index in [0.717, 1.165) is 25.9 Å². The predicted molar refractivity (Wildman–Crippen MR) is 98.7 cm³/mol. The molecule has 1 N–H and O–H groups in total. The lowest BCUT2D eigenvalue weighted by Gasteiger charge is -2.35. The maximum absolute atomic E-state index is 13.5. The van der Waals surface area contributed by atoms with Crippen molar-refractivity contribution in [2.75, 3.05) is 19.6 Å². The Bertz CT molecular complexity index is 644. The topological polar surface area (TPSA) is 50.2 Å². The predicted octanol–water partition coefficient (Wildman–Crippen LogP) is 4.03. The van der Waals surface area contributed by atoms with E-state index in [1.807, 2.05) is 13.8 Å². The monoisotopic (exact) mass is 388 g/mol. The zero-order valence-corrected chi connectivity index (χ0v) is 16.9. The number of carbonyl (C=O) groups is 1. The van der Waals surface area contributed by atoms with Crippen LogP contribution < -0.4 is 5.32 Å². The van der Waals surface area contributed by atoms with Gasteiger partial charge in [-0.15, -0.1) is 0 Å². The van der Waals surface area contributed by atoms with Crippen molar-refractivity contribution in [1.82, 2.24) is 20.0 Å². The Hall–Kier alpha value is -1.57. The van der Waals surface area contributed by atoms with Crippen LogP contribution in [0, 0.1) is 12.8 Å². The molecule has 0 spiro atoms. The van der Waals surface area contributed by atoms with Crippen LogP contribution in [0.3, 0.4) is 0 Å². The van der Waals surface area contributed by atoms with Crippen LogP contribution in [-0.4, -0.2) is 46.3 Å². The van der Waals surface area contributed by atoms with Gasteiger partial charge in [-0.3, -0.25) is 9.48 Å². The molecule has 1 aromatic heterocycles. The lowest BCUT2D eigenvalue weighted by atomic mass is 10.0. The summed E-state index contributed by atoms with van der Waals surface area (Å²) in [6.07, 6.45) is -2.48. The lowest BCUT2D eigenvalue weighted by molar-refractivity contribution is -0.142. The van der Waals surface area contributed by atoms with Crippen molar-refractivity contribution < 1.29 is 18.0 Å². The fraction of sp³-hybridized carbons (Fsp3) is 0.789. The van der Waals surface area contributed by atoms with E-state index in [-0.39, 0.29) is 11.6 Å². The van der Waals surface area contributed by atoms with E-state index in [9.17, 15) is 18.0 Å². The second-order valence-electron chi connectivity index (χ2n) is 8.05. The van der Waals surface area contributed by atoms with E-state index in [0.29, 0.717) is 30.6 Å². The Morgan fingerprint density at radius 2 is 1.81 bits per heavy atom. The van der Waals surface area contributed by atoms with Gasteiger partial charge in [0, 0.05) is 31.4 Å². The number of nitrogens with one attached hydrogen (secondary N) is 1. The molecule has 0 bridgehead atoms. The van der Waals surface area contributed by atoms with E-state index in [1.165, 1.54) is 4.68 Å². The first kappa shape index (κ1) is 21.7. The average Bonchev–Trinajstić information content (AvgIpc) is 2.92. The molecule has 1 aliphatic rings. The van der Waals surface area contributed by atoms with E-state index in [1.54, 1.807) is 6.92 Å². The third kappa shape index (κ3) is 5.24. The molecule has 8 heteroatoms. The highest BCUT2D eigenvalue weighted by Crippen LogP contribution is 2.35. The average molecular weight is 388 g/mol. The van der Waals surface area contributed by atoms with E-state index < -0.39 is 17.8 Å². The molecule has 1 amide bonds. The quantitative estimate of drug-likeness (QED) is 0.800. The molecule has 1 aliphatic heterocycles. The highest BCUT2D eigenvalue weighted by Gasteiger charge is 2.41. The molecule has 1 fully saturated rings. The largest absolute Gasteiger partial charge is 0.435 e. The second kappa shape index (κ2) is 8.63. The van der Waals surface area contributed by atoms with E-state index in [4.69, 9.17) is 0 Å². The van der Waals surface area contributed by atoms with E-state index in [2.05, 4.69) is 29.2 Å². The van der Waals surface area contributed by atoms with Crippen LogP contribution >= 0.6 is 0 Å². The molecule has 1 saturated heterocycles. The van der Waals surface area contributed by atoms with Crippen LogP contribution in [0.1, 0.15) is 74.7 Å². The van der Waals surface area contributed by atoms with Gasteiger partial charge < -0.3 is 10.2 Å². The van der Waals surface area contributed by atoms with Gasteiger partial charge in [0.2, 0.25) is 0 Å². The Kier molecular flexibility index (Phi) is 6.94. The van der Waals surface area contributed by atoms with Crippen LogP contribution in [0.25, 0.3) is 0 Å². The molecule has 0 aliphatic carbocycles. The number of amides is 1. The minimum absolute atomic E-state index is 0.113. The van der Waals surface area contributed by atoms with Gasteiger partial charge in [-0.1, -0.05) is 13.8 Å². The van der Waals surface area contributed by atoms with Crippen molar-refractivity contribution in [2.24, 2.45) is 5.92 Å². The Labute approximate surface area is 159 Å². The number of hydrogen-bond acceptors (Lipinski definition) is 3. The minimum Gasteiger partial charge on any atom is -0.352 e. The molecule has 0 unspecified atom stereocenters. The molecule has 0 radical (unpaired) electrons. The molecule has 5 nitrogen and oxygen atoms in total. The van der Waals surface area contributed by atoms with Gasteiger partial charge >= 0.3 is 6.18 Å². The number of alkyl halides is 3. The fourth-order valence-electron chi connectivity index (χ4n) is 3.55. The number of aromatic nitrogens is 2. The first-order chi connectivity index (χ1) is 12.5. The van der Waals surface area contributed by atoms with Crippen molar-refractivity contribution in [3.05, 3.63) is 17.0 Å². The normalized spacial score (nSPS) is 17.1. The molecule has 2 heterocycles. The molecule has 27 heavy (non-hydrogen) atoms. The van der Waals surface area contributed by atoms with Crippen molar-refractivity contribution in [1.29, 1.82) is 0 Å². The summed E-state index contributed by atoms with van der Waals surface area (Å²) in [4.78, 5) is 14.8. The van der Waals surface area contributed by atoms with Crippen LogP contribution in [-0.2, 0) is 6.18 Å². The molecular weight excluding hydrogens is 357 g/mol. The van der Waals surface area contributed by atoms with Crippen LogP contribution in [0.15, 0.2) is 0 Å². The fourth-order valence-corrected chi connectivity index (χ4v) is 3.55. The lowest BCUT2D eigenvalue weighted by Crippen LogP contribution is -2.39. The second-order valence-corrected chi connectivity index (χ2v) is 8.05. The van der Waals surface area contributed by atoms with Crippen molar-refractivity contribution in [2.45, 2.75) is 72.1 Å².